The molecule has 2 nitrogen and oxygen atoms in total. The molecule has 1 saturated heterocycles. The lowest BCUT2D eigenvalue weighted by Gasteiger charge is -2.31. The molecule has 21 heavy (non-hydrogen) atoms. The molecule has 3 rings (SSSR count). The van der Waals surface area contributed by atoms with Crippen molar-refractivity contribution >= 4 is 28.5 Å². The Kier molecular flexibility index (Phi) is 4.02. The van der Waals surface area contributed by atoms with Crippen molar-refractivity contribution in [1.29, 1.82) is 0 Å². The summed E-state index contributed by atoms with van der Waals surface area (Å²) in [5, 5.41) is 3.17. The molecule has 0 saturated carbocycles. The molecular weight excluding hydrogens is 373 g/mol. The Morgan fingerprint density at radius 3 is 2.48 bits per heavy atom. The van der Waals surface area contributed by atoms with Crippen LogP contribution in [0.3, 0.4) is 0 Å². The molecule has 2 unspecified atom stereocenters. The van der Waals surface area contributed by atoms with Crippen molar-refractivity contribution in [3.8, 4) is 0 Å². The highest BCUT2D eigenvalue weighted by Crippen LogP contribution is 2.37. The average Bonchev–Trinajstić information content (AvgIpc) is 2.76. The van der Waals surface area contributed by atoms with Gasteiger partial charge in [0.2, 0.25) is 5.91 Å². The van der Waals surface area contributed by atoms with Crippen LogP contribution >= 0.6 is 22.6 Å². The monoisotopic (exact) mass is 391 g/mol. The van der Waals surface area contributed by atoms with E-state index in [0.29, 0.717) is 6.42 Å². The van der Waals surface area contributed by atoms with Gasteiger partial charge in [0, 0.05) is 21.4 Å². The van der Waals surface area contributed by atoms with E-state index in [2.05, 4.69) is 71.2 Å². The van der Waals surface area contributed by atoms with Gasteiger partial charge in [0.25, 0.3) is 0 Å². The Balaban J connectivity index is 1.91. The predicted molar refractivity (Wildman–Crippen MR) is 93.2 cm³/mol. The summed E-state index contributed by atoms with van der Waals surface area (Å²) in [6.07, 6.45) is 1.43. The van der Waals surface area contributed by atoms with Crippen molar-refractivity contribution in [3.63, 3.8) is 0 Å². The molecule has 0 aromatic heterocycles. The maximum atomic E-state index is 12.0. The van der Waals surface area contributed by atoms with E-state index in [-0.39, 0.29) is 17.4 Å². The van der Waals surface area contributed by atoms with Crippen LogP contribution in [0.4, 0.5) is 0 Å². The SMILES string of the molecule is CC1(c2ccc(I)cc2)CC(=O)NC1Cc1ccccc1. The molecule has 1 aliphatic rings. The quantitative estimate of drug-likeness (QED) is 0.795. The molecule has 1 aliphatic heterocycles. The van der Waals surface area contributed by atoms with Gasteiger partial charge in [0.05, 0.1) is 0 Å². The molecule has 2 aromatic carbocycles. The topological polar surface area (TPSA) is 29.1 Å². The number of hydrogen-bond donors (Lipinski definition) is 1. The van der Waals surface area contributed by atoms with Crippen LogP contribution in [0.1, 0.15) is 24.5 Å². The van der Waals surface area contributed by atoms with Crippen molar-refractivity contribution in [2.24, 2.45) is 0 Å². The summed E-state index contributed by atoms with van der Waals surface area (Å²) >= 11 is 2.31. The molecular formula is C18H18INO. The molecule has 3 heteroatoms. The minimum absolute atomic E-state index is 0.142. The van der Waals surface area contributed by atoms with Gasteiger partial charge in [0.1, 0.15) is 0 Å². The van der Waals surface area contributed by atoms with Crippen LogP contribution in [0.2, 0.25) is 0 Å². The standard InChI is InChI=1S/C18H18INO/c1-18(14-7-9-15(19)10-8-14)12-17(21)20-16(18)11-13-5-3-2-4-6-13/h2-10,16H,11-12H2,1H3,(H,20,21). The highest BCUT2D eigenvalue weighted by atomic mass is 127. The fourth-order valence-electron chi connectivity index (χ4n) is 3.12. The minimum Gasteiger partial charge on any atom is -0.352 e. The molecule has 0 aliphatic carbocycles. The van der Waals surface area contributed by atoms with E-state index in [1.54, 1.807) is 0 Å². The van der Waals surface area contributed by atoms with Gasteiger partial charge in [-0.3, -0.25) is 4.79 Å². The maximum Gasteiger partial charge on any atom is 0.221 e. The van der Waals surface area contributed by atoms with Gasteiger partial charge in [-0.25, -0.2) is 0 Å². The lowest BCUT2D eigenvalue weighted by molar-refractivity contribution is -0.119. The fraction of sp³-hybridized carbons (Fsp3) is 0.278. The van der Waals surface area contributed by atoms with Crippen LogP contribution in [0.15, 0.2) is 54.6 Å². The average molecular weight is 391 g/mol. The van der Waals surface area contributed by atoms with Gasteiger partial charge in [-0.15, -0.1) is 0 Å². The Morgan fingerprint density at radius 2 is 1.81 bits per heavy atom. The molecule has 1 N–H and O–H groups in total. The van der Waals surface area contributed by atoms with E-state index in [0.717, 1.165) is 6.42 Å². The molecule has 0 radical (unpaired) electrons. The number of halogens is 1. The highest BCUT2D eigenvalue weighted by Gasteiger charge is 2.44. The smallest absolute Gasteiger partial charge is 0.221 e. The fourth-order valence-corrected chi connectivity index (χ4v) is 3.48. The third-order valence-corrected chi connectivity index (χ3v) is 5.14. The first kappa shape index (κ1) is 14.6. The van der Waals surface area contributed by atoms with E-state index >= 15 is 0 Å². The number of amides is 1. The zero-order chi connectivity index (χ0) is 14.9. The van der Waals surface area contributed by atoms with Gasteiger partial charge in [0.15, 0.2) is 0 Å². The zero-order valence-corrected chi connectivity index (χ0v) is 14.1. The number of rotatable bonds is 3. The molecule has 0 bridgehead atoms. The first-order valence-corrected chi connectivity index (χ1v) is 8.25. The van der Waals surface area contributed by atoms with E-state index in [4.69, 9.17) is 0 Å². The van der Waals surface area contributed by atoms with Crippen LogP contribution in [0.25, 0.3) is 0 Å². The largest absolute Gasteiger partial charge is 0.352 e. The van der Waals surface area contributed by atoms with Gasteiger partial charge >= 0.3 is 0 Å². The van der Waals surface area contributed by atoms with Crippen molar-refractivity contribution in [2.45, 2.75) is 31.2 Å². The first-order valence-electron chi connectivity index (χ1n) is 7.17. The summed E-state index contributed by atoms with van der Waals surface area (Å²) in [6.45, 7) is 2.20. The second kappa shape index (κ2) is 5.79. The molecule has 108 valence electrons. The van der Waals surface area contributed by atoms with Gasteiger partial charge in [-0.2, -0.15) is 0 Å². The highest BCUT2D eigenvalue weighted by molar-refractivity contribution is 14.1. The number of nitrogens with one attached hydrogen (secondary N) is 1. The molecule has 2 atom stereocenters. The van der Waals surface area contributed by atoms with Crippen molar-refractivity contribution in [1.82, 2.24) is 5.32 Å². The maximum absolute atomic E-state index is 12.0. The second-order valence-corrected chi connectivity index (χ2v) is 7.16. The summed E-state index contributed by atoms with van der Waals surface area (Å²) in [5.41, 5.74) is 2.36. The van der Waals surface area contributed by atoms with Gasteiger partial charge in [-0.1, -0.05) is 49.4 Å². The Labute approximate surface area is 139 Å². The van der Waals surface area contributed by atoms with Crippen LogP contribution in [-0.4, -0.2) is 11.9 Å². The van der Waals surface area contributed by atoms with E-state index in [1.165, 1.54) is 14.7 Å². The minimum atomic E-state index is -0.142. The van der Waals surface area contributed by atoms with Crippen molar-refractivity contribution in [3.05, 3.63) is 69.3 Å². The summed E-state index contributed by atoms with van der Waals surface area (Å²) < 4.78 is 1.22. The molecule has 0 spiro atoms. The van der Waals surface area contributed by atoms with Crippen LogP contribution in [0.5, 0.6) is 0 Å². The van der Waals surface area contributed by atoms with Crippen molar-refractivity contribution < 1.29 is 4.79 Å². The normalized spacial score (nSPS) is 24.9. The number of carbonyl (C=O) groups excluding carboxylic acids is 1. The lowest BCUT2D eigenvalue weighted by atomic mass is 9.74. The van der Waals surface area contributed by atoms with Crippen molar-refractivity contribution in [2.75, 3.05) is 0 Å². The second-order valence-electron chi connectivity index (χ2n) is 5.91. The van der Waals surface area contributed by atoms with Gasteiger partial charge in [-0.05, 0) is 52.3 Å². The summed E-state index contributed by atoms with van der Waals surface area (Å²) in [7, 11) is 0. The Morgan fingerprint density at radius 1 is 1.14 bits per heavy atom. The zero-order valence-electron chi connectivity index (χ0n) is 12.0. The van der Waals surface area contributed by atoms with E-state index in [1.807, 2.05) is 18.2 Å². The third kappa shape index (κ3) is 2.98. The molecule has 2 aromatic rings. The number of benzene rings is 2. The van der Waals surface area contributed by atoms with Crippen LogP contribution < -0.4 is 5.32 Å². The third-order valence-electron chi connectivity index (χ3n) is 4.42. The number of hydrogen-bond acceptors (Lipinski definition) is 1. The summed E-state index contributed by atoms with van der Waals surface area (Å²) in [6, 6.07) is 19.1. The Hall–Kier alpha value is -1.36. The molecule has 1 amide bonds. The summed E-state index contributed by atoms with van der Waals surface area (Å²) in [4.78, 5) is 12.0. The molecule has 1 heterocycles. The Bertz CT molecular complexity index is 638. The van der Waals surface area contributed by atoms with Gasteiger partial charge < -0.3 is 5.32 Å². The predicted octanol–water partition coefficient (Wildman–Crippen LogP) is 3.68. The van der Waals surface area contributed by atoms with Crippen LogP contribution in [-0.2, 0) is 16.6 Å². The lowest BCUT2D eigenvalue weighted by Crippen LogP contribution is -2.40. The number of carbonyl (C=O) groups is 1. The van der Waals surface area contributed by atoms with Crippen LogP contribution in [0, 0.1) is 3.57 Å². The van der Waals surface area contributed by atoms with E-state index < -0.39 is 0 Å². The van der Waals surface area contributed by atoms with E-state index in [9.17, 15) is 4.79 Å². The molecule has 1 fully saturated rings. The summed E-state index contributed by atoms with van der Waals surface area (Å²) in [5.74, 6) is 0.150. The first-order chi connectivity index (χ1) is 10.1.